The van der Waals surface area contributed by atoms with Crippen molar-refractivity contribution in [2.45, 2.75) is 37.6 Å². The minimum atomic E-state index is -0.478. The molecule has 110 valence electrons. The molecule has 0 bridgehead atoms. The van der Waals surface area contributed by atoms with E-state index in [2.05, 4.69) is 5.32 Å². The first kappa shape index (κ1) is 15.1. The van der Waals surface area contributed by atoms with Crippen LogP contribution < -0.4 is 10.1 Å². The first-order chi connectivity index (χ1) is 9.60. The zero-order chi connectivity index (χ0) is 14.6. The van der Waals surface area contributed by atoms with Gasteiger partial charge in [0.1, 0.15) is 0 Å². The Kier molecular flexibility index (Phi) is 4.86. The minimum absolute atomic E-state index is 0.0706. The second kappa shape index (κ2) is 6.44. The third kappa shape index (κ3) is 3.23. The fourth-order valence-corrected chi connectivity index (χ4v) is 2.97. The Balaban J connectivity index is 2.14. The molecule has 0 aliphatic heterocycles. The van der Waals surface area contributed by atoms with E-state index in [1.165, 1.54) is 31.7 Å². The summed E-state index contributed by atoms with van der Waals surface area (Å²) in [7, 11) is 1.38. The van der Waals surface area contributed by atoms with Crippen LogP contribution in [0, 0.1) is 5.82 Å². The highest BCUT2D eigenvalue weighted by molar-refractivity contribution is 6.19. The summed E-state index contributed by atoms with van der Waals surface area (Å²) in [5.41, 5.74) is 0.0525. The molecule has 1 fully saturated rings. The molecule has 1 N–H and O–H groups in total. The van der Waals surface area contributed by atoms with Gasteiger partial charge in [0.2, 0.25) is 0 Å². The van der Waals surface area contributed by atoms with Crippen molar-refractivity contribution in [3.05, 3.63) is 29.6 Å². The van der Waals surface area contributed by atoms with Crippen LogP contribution in [0.15, 0.2) is 18.2 Å². The average molecular weight is 300 g/mol. The van der Waals surface area contributed by atoms with E-state index >= 15 is 0 Å². The molecular formula is C15H19ClFNO2. The summed E-state index contributed by atoms with van der Waals surface area (Å²) in [4.78, 5) is 12.3. The molecule has 1 aromatic rings. The van der Waals surface area contributed by atoms with Crippen molar-refractivity contribution >= 4 is 17.5 Å². The van der Waals surface area contributed by atoms with Crippen LogP contribution in [-0.4, -0.2) is 24.4 Å². The van der Waals surface area contributed by atoms with Crippen LogP contribution in [0.2, 0.25) is 0 Å². The topological polar surface area (TPSA) is 38.3 Å². The van der Waals surface area contributed by atoms with Gasteiger partial charge in [0.15, 0.2) is 11.6 Å². The molecule has 0 saturated heterocycles. The maximum Gasteiger partial charge on any atom is 0.251 e. The van der Waals surface area contributed by atoms with Gasteiger partial charge >= 0.3 is 0 Å². The highest BCUT2D eigenvalue weighted by Gasteiger charge is 2.33. The van der Waals surface area contributed by atoms with E-state index in [1.54, 1.807) is 0 Å². The monoisotopic (exact) mass is 299 g/mol. The summed E-state index contributed by atoms with van der Waals surface area (Å²) >= 11 is 6.05. The molecule has 1 saturated carbocycles. The zero-order valence-corrected chi connectivity index (χ0v) is 12.3. The Morgan fingerprint density at radius 2 is 2.10 bits per heavy atom. The number of carbonyl (C=O) groups is 1. The van der Waals surface area contributed by atoms with Gasteiger partial charge in [-0.3, -0.25) is 4.79 Å². The number of halogens is 2. The molecule has 2 rings (SSSR count). The van der Waals surface area contributed by atoms with E-state index in [0.717, 1.165) is 25.7 Å². The van der Waals surface area contributed by atoms with Crippen molar-refractivity contribution in [1.29, 1.82) is 0 Å². The van der Waals surface area contributed by atoms with Crippen LogP contribution in [0.3, 0.4) is 0 Å². The summed E-state index contributed by atoms with van der Waals surface area (Å²) in [6, 6.07) is 4.11. The van der Waals surface area contributed by atoms with Crippen LogP contribution >= 0.6 is 11.6 Å². The number of hydrogen-bond donors (Lipinski definition) is 1. The molecule has 0 atom stereocenters. The molecule has 1 aliphatic carbocycles. The predicted molar refractivity (Wildman–Crippen MR) is 77.0 cm³/mol. The largest absolute Gasteiger partial charge is 0.494 e. The second-order valence-corrected chi connectivity index (χ2v) is 5.55. The fraction of sp³-hybridized carbons (Fsp3) is 0.533. The van der Waals surface area contributed by atoms with E-state index in [0.29, 0.717) is 11.4 Å². The van der Waals surface area contributed by atoms with Gasteiger partial charge in [-0.15, -0.1) is 11.6 Å². The normalized spacial score (nSPS) is 17.6. The molecular weight excluding hydrogens is 281 g/mol. The number of benzene rings is 1. The van der Waals surface area contributed by atoms with Crippen molar-refractivity contribution in [3.8, 4) is 5.75 Å². The third-order valence-corrected chi connectivity index (χ3v) is 4.37. The molecule has 3 nitrogen and oxygen atoms in total. The van der Waals surface area contributed by atoms with Gasteiger partial charge in [-0.25, -0.2) is 4.39 Å². The van der Waals surface area contributed by atoms with Crippen molar-refractivity contribution in [2.75, 3.05) is 13.0 Å². The lowest BCUT2D eigenvalue weighted by Gasteiger charge is -2.36. The number of rotatable bonds is 4. The van der Waals surface area contributed by atoms with Crippen LogP contribution in [-0.2, 0) is 0 Å². The lowest BCUT2D eigenvalue weighted by atomic mass is 9.83. The Labute approximate surface area is 123 Å². The summed E-state index contributed by atoms with van der Waals surface area (Å²) < 4.78 is 18.3. The highest BCUT2D eigenvalue weighted by atomic mass is 35.5. The van der Waals surface area contributed by atoms with Crippen LogP contribution in [0.5, 0.6) is 5.75 Å². The summed E-state index contributed by atoms with van der Waals surface area (Å²) in [6.45, 7) is 0. The number of alkyl halides is 1. The Hall–Kier alpha value is -1.29. The lowest BCUT2D eigenvalue weighted by molar-refractivity contribution is 0.0884. The van der Waals surface area contributed by atoms with E-state index < -0.39 is 5.82 Å². The van der Waals surface area contributed by atoms with Gasteiger partial charge in [-0.05, 0) is 31.0 Å². The molecule has 1 amide bonds. The molecule has 5 heteroatoms. The summed E-state index contributed by atoms with van der Waals surface area (Å²) in [5, 5.41) is 3.02. The quantitative estimate of drug-likeness (QED) is 0.864. The molecule has 1 aliphatic rings. The highest BCUT2D eigenvalue weighted by Crippen LogP contribution is 2.30. The van der Waals surface area contributed by atoms with Crippen molar-refractivity contribution < 1.29 is 13.9 Å². The number of ether oxygens (including phenoxy) is 1. The molecule has 0 heterocycles. The summed E-state index contributed by atoms with van der Waals surface area (Å²) in [5.74, 6) is -0.238. The van der Waals surface area contributed by atoms with Crippen LogP contribution in [0.1, 0.15) is 42.5 Å². The molecule has 20 heavy (non-hydrogen) atoms. The first-order valence-electron chi connectivity index (χ1n) is 6.82. The second-order valence-electron chi connectivity index (χ2n) is 5.28. The maximum absolute atomic E-state index is 13.4. The van der Waals surface area contributed by atoms with Gasteiger partial charge in [-0.2, -0.15) is 0 Å². The van der Waals surface area contributed by atoms with E-state index in [-0.39, 0.29) is 17.2 Å². The van der Waals surface area contributed by atoms with Crippen molar-refractivity contribution in [2.24, 2.45) is 0 Å². The van der Waals surface area contributed by atoms with E-state index in [9.17, 15) is 9.18 Å². The smallest absolute Gasteiger partial charge is 0.251 e. The molecule has 0 aromatic heterocycles. The molecule has 1 aromatic carbocycles. The van der Waals surface area contributed by atoms with Gasteiger partial charge < -0.3 is 10.1 Å². The molecule has 0 spiro atoms. The zero-order valence-electron chi connectivity index (χ0n) is 11.5. The Morgan fingerprint density at radius 1 is 1.40 bits per heavy atom. The Morgan fingerprint density at radius 3 is 2.70 bits per heavy atom. The van der Waals surface area contributed by atoms with Crippen molar-refractivity contribution in [3.63, 3.8) is 0 Å². The Bertz CT molecular complexity index is 487. The third-order valence-electron chi connectivity index (χ3n) is 3.86. The average Bonchev–Trinajstić information content (AvgIpc) is 2.48. The summed E-state index contributed by atoms with van der Waals surface area (Å²) in [6.07, 6.45) is 5.10. The number of methoxy groups -OCH3 is 1. The fourth-order valence-electron chi connectivity index (χ4n) is 2.63. The van der Waals surface area contributed by atoms with Gasteiger partial charge in [0, 0.05) is 11.4 Å². The SMILES string of the molecule is COc1cc(C(=O)NC2(CCl)CCCCC2)ccc1F. The van der Waals surface area contributed by atoms with E-state index in [1.807, 2.05) is 0 Å². The van der Waals surface area contributed by atoms with Crippen LogP contribution in [0.4, 0.5) is 4.39 Å². The standard InChI is InChI=1S/C15H19ClFNO2/c1-20-13-9-11(5-6-12(13)17)14(19)18-15(10-16)7-3-2-4-8-15/h5-6,9H,2-4,7-8,10H2,1H3,(H,18,19). The number of nitrogens with one attached hydrogen (secondary N) is 1. The lowest BCUT2D eigenvalue weighted by Crippen LogP contribution is -2.51. The minimum Gasteiger partial charge on any atom is -0.494 e. The number of carbonyl (C=O) groups excluding carboxylic acids is 1. The number of amides is 1. The van der Waals surface area contributed by atoms with Gasteiger partial charge in [-0.1, -0.05) is 19.3 Å². The molecule has 0 unspecified atom stereocenters. The van der Waals surface area contributed by atoms with Gasteiger partial charge in [0.05, 0.1) is 12.6 Å². The predicted octanol–water partition coefficient (Wildman–Crippen LogP) is 3.51. The van der Waals surface area contributed by atoms with Crippen LogP contribution in [0.25, 0.3) is 0 Å². The number of hydrogen-bond acceptors (Lipinski definition) is 2. The molecule has 0 radical (unpaired) electrons. The van der Waals surface area contributed by atoms with Gasteiger partial charge in [0.25, 0.3) is 5.91 Å². The van der Waals surface area contributed by atoms with E-state index in [4.69, 9.17) is 16.3 Å². The maximum atomic E-state index is 13.4. The van der Waals surface area contributed by atoms with Crippen molar-refractivity contribution in [1.82, 2.24) is 5.32 Å². The first-order valence-corrected chi connectivity index (χ1v) is 7.36.